The van der Waals surface area contributed by atoms with E-state index in [0.717, 1.165) is 24.3 Å². The van der Waals surface area contributed by atoms with Gasteiger partial charge in [-0.15, -0.1) is 5.21 Å². The molecular weight excluding hydrogens is 194 g/mol. The first kappa shape index (κ1) is 12.8. The summed E-state index contributed by atoms with van der Waals surface area (Å²) in [7, 11) is 7.18. The number of hydroxylamine groups is 2. The van der Waals surface area contributed by atoms with Crippen molar-refractivity contribution in [3.63, 3.8) is 0 Å². The van der Waals surface area contributed by atoms with Gasteiger partial charge in [-0.2, -0.15) is 0 Å². The van der Waals surface area contributed by atoms with E-state index < -0.39 is 11.6 Å². The van der Waals surface area contributed by atoms with Gasteiger partial charge >= 0.3 is 0 Å². The molecule has 1 heterocycles. The van der Waals surface area contributed by atoms with E-state index in [1.165, 1.54) is 0 Å². The number of nitrogens with one attached hydrogen (secondary N) is 4. The van der Waals surface area contributed by atoms with Gasteiger partial charge in [-0.3, -0.25) is 21.3 Å². The van der Waals surface area contributed by atoms with E-state index in [1.807, 2.05) is 0 Å². The Morgan fingerprint density at radius 1 is 0.867 bits per heavy atom. The Bertz CT molecular complexity index is 183. The van der Waals surface area contributed by atoms with Crippen molar-refractivity contribution in [2.45, 2.75) is 30.8 Å². The zero-order chi connectivity index (χ0) is 11.5. The van der Waals surface area contributed by atoms with Crippen molar-refractivity contribution < 1.29 is 5.21 Å². The van der Waals surface area contributed by atoms with Crippen LogP contribution in [0.25, 0.3) is 0 Å². The van der Waals surface area contributed by atoms with Gasteiger partial charge in [0.15, 0.2) is 11.6 Å². The van der Waals surface area contributed by atoms with Gasteiger partial charge in [0.1, 0.15) is 0 Å². The summed E-state index contributed by atoms with van der Waals surface area (Å²) in [6.07, 6.45) is 2.55. The Balaban J connectivity index is 2.95. The van der Waals surface area contributed by atoms with Crippen molar-refractivity contribution in [1.82, 2.24) is 26.3 Å². The molecule has 1 radical (unpaired) electrons. The predicted molar refractivity (Wildman–Crippen MR) is 58.1 cm³/mol. The zero-order valence-corrected chi connectivity index (χ0v) is 9.98. The summed E-state index contributed by atoms with van der Waals surface area (Å²) in [5.74, 6) is -1.38. The van der Waals surface area contributed by atoms with E-state index in [4.69, 9.17) is 0 Å². The van der Waals surface area contributed by atoms with E-state index in [-0.39, 0.29) is 0 Å². The number of hydrogen-bond donors (Lipinski definition) is 4. The lowest BCUT2D eigenvalue weighted by molar-refractivity contribution is -0.332. The molecule has 6 heteroatoms. The standard InChI is InChI=1S/C9H22N5O/c1-10-8(11-2)6-5-7-9(12-3,13-4)14(8)15/h10-13H,5-7H2,1-4H3. The minimum Gasteiger partial charge on any atom is -0.288 e. The van der Waals surface area contributed by atoms with Crippen LogP contribution in [0.15, 0.2) is 0 Å². The molecule has 6 nitrogen and oxygen atoms in total. The minimum atomic E-state index is -0.690. The molecule has 15 heavy (non-hydrogen) atoms. The molecule has 0 amide bonds. The normalized spacial score (nSPS) is 25.4. The smallest absolute Gasteiger partial charge is 0.155 e. The molecule has 0 aromatic carbocycles. The first-order valence-electron chi connectivity index (χ1n) is 5.34. The monoisotopic (exact) mass is 216 g/mol. The molecule has 1 aliphatic rings. The number of piperidine rings is 1. The fourth-order valence-corrected chi connectivity index (χ4v) is 2.29. The van der Waals surface area contributed by atoms with Crippen molar-refractivity contribution >= 4 is 0 Å². The summed E-state index contributed by atoms with van der Waals surface area (Å²) in [6.45, 7) is 0. The summed E-state index contributed by atoms with van der Waals surface area (Å²) in [5, 5.41) is 25.7. The van der Waals surface area contributed by atoms with Crippen LogP contribution in [0.3, 0.4) is 0 Å². The van der Waals surface area contributed by atoms with Crippen LogP contribution in [-0.2, 0) is 5.21 Å². The SMILES string of the molecule is CNC1(NC)CCCC(NC)(NC)N1[O]. The molecule has 0 bridgehead atoms. The van der Waals surface area contributed by atoms with Gasteiger partial charge in [0.25, 0.3) is 0 Å². The molecule has 1 rings (SSSR count). The molecule has 1 aliphatic heterocycles. The summed E-state index contributed by atoms with van der Waals surface area (Å²) >= 11 is 0. The second-order valence-electron chi connectivity index (χ2n) is 3.87. The third-order valence-electron chi connectivity index (χ3n) is 3.42. The van der Waals surface area contributed by atoms with Gasteiger partial charge in [0, 0.05) is 0 Å². The van der Waals surface area contributed by atoms with Crippen molar-refractivity contribution in [2.24, 2.45) is 0 Å². The molecule has 0 spiro atoms. The first-order valence-corrected chi connectivity index (χ1v) is 5.34. The highest BCUT2D eigenvalue weighted by atomic mass is 16.5. The topological polar surface area (TPSA) is 71.3 Å². The maximum atomic E-state index is 12.4. The van der Waals surface area contributed by atoms with Crippen molar-refractivity contribution in [3.05, 3.63) is 0 Å². The van der Waals surface area contributed by atoms with Gasteiger partial charge in [-0.1, -0.05) is 5.06 Å². The zero-order valence-electron chi connectivity index (χ0n) is 9.98. The molecule has 1 fully saturated rings. The fourth-order valence-electron chi connectivity index (χ4n) is 2.29. The highest BCUT2D eigenvalue weighted by Crippen LogP contribution is 2.30. The second-order valence-corrected chi connectivity index (χ2v) is 3.87. The number of hydrogen-bond acceptors (Lipinski definition) is 5. The maximum absolute atomic E-state index is 12.4. The summed E-state index contributed by atoms with van der Waals surface area (Å²) in [4.78, 5) is 0. The van der Waals surface area contributed by atoms with Crippen LogP contribution in [0, 0.1) is 0 Å². The third kappa shape index (κ3) is 1.89. The van der Waals surface area contributed by atoms with Gasteiger partial charge in [-0.05, 0) is 47.5 Å². The van der Waals surface area contributed by atoms with Crippen LogP contribution in [0.1, 0.15) is 19.3 Å². The van der Waals surface area contributed by atoms with Crippen molar-refractivity contribution in [1.29, 1.82) is 0 Å². The van der Waals surface area contributed by atoms with Crippen molar-refractivity contribution in [2.75, 3.05) is 28.2 Å². The van der Waals surface area contributed by atoms with E-state index in [0.29, 0.717) is 0 Å². The second kappa shape index (κ2) is 4.73. The fraction of sp³-hybridized carbons (Fsp3) is 1.00. The summed E-state index contributed by atoms with van der Waals surface area (Å²) in [5.41, 5.74) is 0. The summed E-state index contributed by atoms with van der Waals surface area (Å²) in [6, 6.07) is 0. The molecule has 89 valence electrons. The number of nitrogens with zero attached hydrogens (tertiary/aromatic N) is 1. The molecule has 4 N–H and O–H groups in total. The van der Waals surface area contributed by atoms with Crippen molar-refractivity contribution in [3.8, 4) is 0 Å². The van der Waals surface area contributed by atoms with E-state index in [2.05, 4.69) is 21.3 Å². The third-order valence-corrected chi connectivity index (χ3v) is 3.42. The van der Waals surface area contributed by atoms with E-state index in [9.17, 15) is 5.21 Å². The molecule has 0 aromatic rings. The Hall–Kier alpha value is -0.240. The molecule has 0 atom stereocenters. The van der Waals surface area contributed by atoms with Gasteiger partial charge in [0.05, 0.1) is 0 Å². The summed E-state index contributed by atoms with van der Waals surface area (Å²) < 4.78 is 0. The van der Waals surface area contributed by atoms with Crippen LogP contribution in [0.5, 0.6) is 0 Å². The molecule has 0 aliphatic carbocycles. The van der Waals surface area contributed by atoms with E-state index >= 15 is 0 Å². The lowest BCUT2D eigenvalue weighted by atomic mass is 9.98. The van der Waals surface area contributed by atoms with Crippen LogP contribution < -0.4 is 21.3 Å². The first-order chi connectivity index (χ1) is 7.10. The quantitative estimate of drug-likeness (QED) is 0.454. The number of rotatable bonds is 4. The average Bonchev–Trinajstić information content (AvgIpc) is 2.30. The van der Waals surface area contributed by atoms with Crippen LogP contribution in [0.2, 0.25) is 0 Å². The lowest BCUT2D eigenvalue weighted by Crippen LogP contribution is -2.79. The van der Waals surface area contributed by atoms with Crippen LogP contribution in [0.4, 0.5) is 0 Å². The largest absolute Gasteiger partial charge is 0.288 e. The molecule has 1 saturated heterocycles. The van der Waals surface area contributed by atoms with Gasteiger partial charge in [-0.25, -0.2) is 0 Å². The maximum Gasteiger partial charge on any atom is 0.155 e. The van der Waals surface area contributed by atoms with Gasteiger partial charge < -0.3 is 0 Å². The molecule has 0 saturated carbocycles. The van der Waals surface area contributed by atoms with Crippen LogP contribution in [-0.4, -0.2) is 44.8 Å². The Morgan fingerprint density at radius 3 is 1.47 bits per heavy atom. The molecule has 0 unspecified atom stereocenters. The Morgan fingerprint density at radius 2 is 1.20 bits per heavy atom. The van der Waals surface area contributed by atoms with E-state index in [1.54, 1.807) is 28.2 Å². The van der Waals surface area contributed by atoms with Crippen LogP contribution >= 0.6 is 0 Å². The average molecular weight is 216 g/mol. The van der Waals surface area contributed by atoms with Gasteiger partial charge in [0.2, 0.25) is 0 Å². The minimum absolute atomic E-state index is 0.690. The lowest BCUT2D eigenvalue weighted by Gasteiger charge is -2.52. The Kier molecular flexibility index (Phi) is 4.05. The Labute approximate surface area is 91.4 Å². The predicted octanol–water partition coefficient (Wildman–Crippen LogP) is -0.997. The molecule has 0 aromatic heterocycles. The highest BCUT2D eigenvalue weighted by molar-refractivity contribution is 4.94. The highest BCUT2D eigenvalue weighted by Gasteiger charge is 2.50. The molecular formula is C9H22N5O.